The number of hydrogen-bond donors (Lipinski definition) is 3. The van der Waals surface area contributed by atoms with Gasteiger partial charge in [-0.2, -0.15) is 8.78 Å². The van der Waals surface area contributed by atoms with Crippen LogP contribution in [0.2, 0.25) is 0 Å². The average Bonchev–Trinajstić information content (AvgIpc) is 2.71. The minimum Gasteiger partial charge on any atom is -0.435 e. The van der Waals surface area contributed by atoms with Gasteiger partial charge in [0.05, 0.1) is 0 Å². The Morgan fingerprint density at radius 3 is 2.73 bits per heavy atom. The summed E-state index contributed by atoms with van der Waals surface area (Å²) in [4.78, 5) is 23.2. The Morgan fingerprint density at radius 2 is 1.97 bits per heavy atom. The Morgan fingerprint density at radius 1 is 1.17 bits per heavy atom. The van der Waals surface area contributed by atoms with Crippen molar-refractivity contribution in [2.24, 2.45) is 0 Å². The number of hydrogen-bond acceptors (Lipinski definition) is 6. The van der Waals surface area contributed by atoms with Crippen LogP contribution in [0.15, 0.2) is 30.3 Å². The molecule has 0 radical (unpaired) electrons. The minimum absolute atomic E-state index is 0.0203. The van der Waals surface area contributed by atoms with E-state index in [-0.39, 0.29) is 5.75 Å². The van der Waals surface area contributed by atoms with E-state index in [2.05, 4.69) is 35.6 Å². The van der Waals surface area contributed by atoms with Crippen LogP contribution in [0.4, 0.5) is 30.9 Å². The molecule has 0 bridgehead atoms. The van der Waals surface area contributed by atoms with E-state index >= 15 is 0 Å². The summed E-state index contributed by atoms with van der Waals surface area (Å²) in [5.74, 6) is 2.30. The maximum atomic E-state index is 12.3. The molecule has 0 aliphatic carbocycles. The summed E-state index contributed by atoms with van der Waals surface area (Å²) in [6.07, 6.45) is 3.59. The van der Waals surface area contributed by atoms with Crippen LogP contribution >= 0.6 is 0 Å². The number of anilines is 3. The number of nitrogens with one attached hydrogen (secondary N) is 3. The molecule has 2 amide bonds. The van der Waals surface area contributed by atoms with Crippen molar-refractivity contribution >= 4 is 23.4 Å². The fourth-order valence-electron chi connectivity index (χ4n) is 3.22. The van der Waals surface area contributed by atoms with E-state index in [1.54, 1.807) is 6.07 Å². The molecule has 0 unspecified atom stereocenters. The van der Waals surface area contributed by atoms with E-state index in [1.165, 1.54) is 37.5 Å². The molecule has 1 saturated heterocycles. The fraction of sp³-hybridized carbons (Fsp3) is 0.450. The van der Waals surface area contributed by atoms with Gasteiger partial charge in [0.25, 0.3) is 0 Å². The highest BCUT2D eigenvalue weighted by Gasteiger charge is 2.14. The van der Waals surface area contributed by atoms with Crippen LogP contribution in [0.25, 0.3) is 0 Å². The number of piperidine rings is 1. The van der Waals surface area contributed by atoms with Gasteiger partial charge in [0.1, 0.15) is 23.2 Å². The normalized spacial score (nSPS) is 13.8. The number of aryl methyl sites for hydroxylation is 1. The second-order valence-corrected chi connectivity index (χ2v) is 6.92. The first-order valence-electron chi connectivity index (χ1n) is 9.94. The molecule has 3 N–H and O–H groups in total. The predicted octanol–water partition coefficient (Wildman–Crippen LogP) is 3.61. The van der Waals surface area contributed by atoms with Crippen molar-refractivity contribution in [3.05, 3.63) is 36.2 Å². The second-order valence-electron chi connectivity index (χ2n) is 6.92. The van der Waals surface area contributed by atoms with Crippen molar-refractivity contribution < 1.29 is 18.3 Å². The summed E-state index contributed by atoms with van der Waals surface area (Å²) >= 11 is 0. The Kier molecular flexibility index (Phi) is 7.58. The van der Waals surface area contributed by atoms with Gasteiger partial charge in [-0.1, -0.05) is 6.07 Å². The van der Waals surface area contributed by atoms with Gasteiger partial charge in [-0.25, -0.2) is 14.8 Å². The number of amides is 2. The van der Waals surface area contributed by atoms with Crippen LogP contribution in [0, 0.1) is 6.92 Å². The maximum Gasteiger partial charge on any atom is 0.387 e. The number of ether oxygens (including phenoxy) is 1. The zero-order chi connectivity index (χ0) is 21.3. The van der Waals surface area contributed by atoms with Crippen molar-refractivity contribution in [1.29, 1.82) is 0 Å². The summed E-state index contributed by atoms with van der Waals surface area (Å²) in [5.41, 5.74) is 0.358. The SMILES string of the molecule is Cc1nc(NCCNC(=O)Nc2cccc(OC(F)F)c2)cc(N2CCCCC2)n1. The van der Waals surface area contributed by atoms with E-state index in [0.29, 0.717) is 30.4 Å². The lowest BCUT2D eigenvalue weighted by Gasteiger charge is -2.28. The predicted molar refractivity (Wildman–Crippen MR) is 111 cm³/mol. The zero-order valence-corrected chi connectivity index (χ0v) is 16.8. The molecule has 0 saturated carbocycles. The third-order valence-electron chi connectivity index (χ3n) is 4.54. The number of rotatable bonds is 8. The first-order chi connectivity index (χ1) is 14.5. The van der Waals surface area contributed by atoms with Gasteiger partial charge in [0, 0.05) is 44.0 Å². The van der Waals surface area contributed by atoms with Crippen LogP contribution in [-0.4, -0.2) is 48.8 Å². The molecule has 0 atom stereocenters. The molecule has 1 aromatic carbocycles. The lowest BCUT2D eigenvalue weighted by Crippen LogP contribution is -2.33. The highest BCUT2D eigenvalue weighted by molar-refractivity contribution is 5.89. The Hall–Kier alpha value is -3.17. The molecule has 10 heteroatoms. The van der Waals surface area contributed by atoms with Crippen molar-refractivity contribution in [3.8, 4) is 5.75 Å². The molecule has 1 aliphatic heterocycles. The van der Waals surface area contributed by atoms with Crippen molar-refractivity contribution in [2.45, 2.75) is 32.8 Å². The lowest BCUT2D eigenvalue weighted by molar-refractivity contribution is -0.0497. The highest BCUT2D eigenvalue weighted by Crippen LogP contribution is 2.20. The first-order valence-corrected chi connectivity index (χ1v) is 9.94. The number of carbonyl (C=O) groups is 1. The van der Waals surface area contributed by atoms with E-state index < -0.39 is 12.6 Å². The van der Waals surface area contributed by atoms with E-state index in [4.69, 9.17) is 0 Å². The van der Waals surface area contributed by atoms with Gasteiger partial charge in [-0.3, -0.25) is 0 Å². The lowest BCUT2D eigenvalue weighted by atomic mass is 10.1. The summed E-state index contributed by atoms with van der Waals surface area (Å²) in [5, 5.41) is 8.47. The Bertz CT molecular complexity index is 846. The van der Waals surface area contributed by atoms with Crippen LogP contribution in [0.3, 0.4) is 0 Å². The van der Waals surface area contributed by atoms with Crippen molar-refractivity contribution in [2.75, 3.05) is 41.7 Å². The fourth-order valence-corrected chi connectivity index (χ4v) is 3.22. The molecule has 1 fully saturated rings. The molecule has 2 aromatic rings. The van der Waals surface area contributed by atoms with E-state index in [9.17, 15) is 13.6 Å². The molecule has 1 aromatic heterocycles. The number of alkyl halides is 2. The van der Waals surface area contributed by atoms with Gasteiger partial charge in [0.15, 0.2) is 0 Å². The molecule has 1 aliphatic rings. The van der Waals surface area contributed by atoms with Crippen LogP contribution in [-0.2, 0) is 0 Å². The molecule has 8 nitrogen and oxygen atoms in total. The summed E-state index contributed by atoms with van der Waals surface area (Å²) in [6.45, 7) is 1.76. The zero-order valence-electron chi connectivity index (χ0n) is 16.8. The van der Waals surface area contributed by atoms with Gasteiger partial charge in [0.2, 0.25) is 0 Å². The van der Waals surface area contributed by atoms with Crippen LogP contribution in [0.1, 0.15) is 25.1 Å². The topological polar surface area (TPSA) is 91.4 Å². The number of nitrogens with zero attached hydrogens (tertiary/aromatic N) is 3. The molecule has 162 valence electrons. The third kappa shape index (κ3) is 6.71. The first kappa shape index (κ1) is 21.5. The summed E-state index contributed by atoms with van der Waals surface area (Å²) < 4.78 is 28.9. The highest BCUT2D eigenvalue weighted by atomic mass is 19.3. The monoisotopic (exact) mass is 420 g/mol. The van der Waals surface area contributed by atoms with E-state index in [1.807, 2.05) is 13.0 Å². The Balaban J connectivity index is 1.44. The molecule has 0 spiro atoms. The van der Waals surface area contributed by atoms with Gasteiger partial charge in [-0.05, 0) is 38.3 Å². The van der Waals surface area contributed by atoms with E-state index in [0.717, 1.165) is 18.9 Å². The van der Waals surface area contributed by atoms with Crippen LogP contribution in [0.5, 0.6) is 5.75 Å². The molecule has 30 heavy (non-hydrogen) atoms. The maximum absolute atomic E-state index is 12.3. The molecule has 2 heterocycles. The third-order valence-corrected chi connectivity index (χ3v) is 4.54. The Labute approximate surface area is 174 Å². The largest absolute Gasteiger partial charge is 0.435 e. The second kappa shape index (κ2) is 10.6. The average molecular weight is 420 g/mol. The standard InChI is InChI=1S/C20H26F2N6O2/c1-14-25-17(13-18(26-14)28-10-3-2-4-11-28)23-8-9-24-20(29)27-15-6-5-7-16(12-15)30-19(21)22/h5-7,12-13,19H,2-4,8-11H2,1H3,(H,23,25,26)(H2,24,27,29). The molecular formula is C20H26F2N6O2. The number of halogens is 2. The molecule has 3 rings (SSSR count). The number of carbonyl (C=O) groups excluding carboxylic acids is 1. The number of urea groups is 1. The smallest absolute Gasteiger partial charge is 0.387 e. The minimum atomic E-state index is -2.92. The van der Waals surface area contributed by atoms with Gasteiger partial charge >= 0.3 is 12.6 Å². The summed E-state index contributed by atoms with van der Waals surface area (Å²) in [6, 6.07) is 7.30. The quantitative estimate of drug-likeness (QED) is 0.565. The molecular weight excluding hydrogens is 394 g/mol. The number of aromatic nitrogens is 2. The van der Waals surface area contributed by atoms with Gasteiger partial charge < -0.3 is 25.6 Å². The number of benzene rings is 1. The van der Waals surface area contributed by atoms with Crippen LogP contribution < -0.4 is 25.6 Å². The van der Waals surface area contributed by atoms with Crippen molar-refractivity contribution in [3.63, 3.8) is 0 Å². The van der Waals surface area contributed by atoms with Gasteiger partial charge in [-0.15, -0.1) is 0 Å². The van der Waals surface area contributed by atoms with Crippen molar-refractivity contribution in [1.82, 2.24) is 15.3 Å². The summed E-state index contributed by atoms with van der Waals surface area (Å²) in [7, 11) is 0.